The quantitative estimate of drug-likeness (QED) is 0.670. The van der Waals surface area contributed by atoms with Crippen molar-refractivity contribution < 1.29 is 13.2 Å². The molecule has 2 aromatic heterocycles. The number of carbonyl (C=O) groups is 1. The lowest BCUT2D eigenvalue weighted by Gasteiger charge is -2.30. The van der Waals surface area contributed by atoms with Crippen molar-refractivity contribution >= 4 is 32.8 Å². The van der Waals surface area contributed by atoms with Gasteiger partial charge in [-0.1, -0.05) is 6.07 Å². The van der Waals surface area contributed by atoms with Gasteiger partial charge in [0.1, 0.15) is 5.52 Å². The summed E-state index contributed by atoms with van der Waals surface area (Å²) in [6.45, 7) is 0.522. The number of anilines is 1. The van der Waals surface area contributed by atoms with Gasteiger partial charge in [-0.05, 0) is 36.6 Å². The summed E-state index contributed by atoms with van der Waals surface area (Å²) in [6.07, 6.45) is 4.83. The minimum Gasteiger partial charge on any atom is -0.318 e. The van der Waals surface area contributed by atoms with Gasteiger partial charge in [0.2, 0.25) is 10.0 Å². The molecule has 1 aliphatic rings. The number of sulfonamides is 1. The number of benzene rings is 1. The minimum atomic E-state index is -3.59. The number of pyridine rings is 1. The van der Waals surface area contributed by atoms with Crippen LogP contribution >= 0.6 is 0 Å². The van der Waals surface area contributed by atoms with Crippen molar-refractivity contribution in [3.63, 3.8) is 0 Å². The number of hydrogen-bond donors (Lipinski definition) is 0. The molecule has 1 aromatic carbocycles. The molecule has 0 saturated heterocycles. The molecule has 0 atom stereocenters. The van der Waals surface area contributed by atoms with E-state index in [4.69, 9.17) is 0 Å². The van der Waals surface area contributed by atoms with E-state index >= 15 is 0 Å². The van der Waals surface area contributed by atoms with E-state index in [1.165, 1.54) is 18.4 Å². The Morgan fingerprint density at radius 3 is 2.71 bits per heavy atom. The summed E-state index contributed by atoms with van der Waals surface area (Å²) in [4.78, 5) is 23.8. The fraction of sp³-hybridized carbons (Fsp3) is 0.316. The van der Waals surface area contributed by atoms with E-state index in [9.17, 15) is 13.2 Å². The maximum absolute atomic E-state index is 13.4. The summed E-state index contributed by atoms with van der Waals surface area (Å²) in [6, 6.07) is 6.66. The van der Waals surface area contributed by atoms with Crippen molar-refractivity contribution in [2.24, 2.45) is 7.05 Å². The number of rotatable bonds is 3. The molecule has 1 aliphatic heterocycles. The summed E-state index contributed by atoms with van der Waals surface area (Å²) >= 11 is 0. The highest BCUT2D eigenvalue weighted by atomic mass is 32.2. The smallest absolute Gasteiger partial charge is 0.260 e. The van der Waals surface area contributed by atoms with Crippen LogP contribution in [0.4, 0.5) is 5.69 Å². The zero-order valence-corrected chi connectivity index (χ0v) is 16.8. The summed E-state index contributed by atoms with van der Waals surface area (Å²) in [7, 11) is 1.22. The molecule has 4 rings (SSSR count). The first-order chi connectivity index (χ1) is 13.3. The van der Waals surface area contributed by atoms with Crippen molar-refractivity contribution in [1.82, 2.24) is 18.8 Å². The molecule has 146 valence electrons. The van der Waals surface area contributed by atoms with Gasteiger partial charge in [-0.25, -0.2) is 22.7 Å². The first-order valence-electron chi connectivity index (χ1n) is 8.94. The maximum atomic E-state index is 13.4. The first-order valence-corrected chi connectivity index (χ1v) is 10.4. The standard InChI is InChI=1S/C19H21N5O3S/c1-22(2)28(26,27)14-7-6-13-5-4-10-24(16(13)11-14)19(25)15-8-9-20-18-17(15)21-12-23(18)3/h6-9,11-12H,4-5,10H2,1-3H3. The molecule has 0 unspecified atom stereocenters. The number of fused-ring (bicyclic) bond motifs is 2. The second-order valence-electron chi connectivity index (χ2n) is 7.02. The molecule has 0 radical (unpaired) electrons. The van der Waals surface area contributed by atoms with Crippen LogP contribution in [0.5, 0.6) is 0 Å². The number of aryl methyl sites for hydroxylation is 2. The second-order valence-corrected chi connectivity index (χ2v) is 9.18. The maximum Gasteiger partial charge on any atom is 0.260 e. The number of carbonyl (C=O) groups excluding carboxylic acids is 1. The summed E-state index contributed by atoms with van der Waals surface area (Å²) in [5, 5.41) is 0. The number of amides is 1. The van der Waals surface area contributed by atoms with E-state index in [-0.39, 0.29) is 10.8 Å². The molecule has 3 aromatic rings. The SMILES string of the molecule is CN(C)S(=O)(=O)c1ccc2c(c1)N(C(=O)c1ccnc3c1ncn3C)CCC2. The number of aromatic nitrogens is 3. The molecule has 0 N–H and O–H groups in total. The van der Waals surface area contributed by atoms with Crippen molar-refractivity contribution in [3.8, 4) is 0 Å². The third kappa shape index (κ3) is 2.87. The summed E-state index contributed by atoms with van der Waals surface area (Å²) in [5.74, 6) is -0.202. The zero-order valence-electron chi connectivity index (χ0n) is 16.0. The average molecular weight is 399 g/mol. The van der Waals surface area contributed by atoms with Crippen LogP contribution in [0.1, 0.15) is 22.3 Å². The van der Waals surface area contributed by atoms with Gasteiger partial charge >= 0.3 is 0 Å². The highest BCUT2D eigenvalue weighted by Crippen LogP contribution is 2.32. The van der Waals surface area contributed by atoms with Gasteiger partial charge in [-0.2, -0.15) is 0 Å². The Balaban J connectivity index is 1.81. The molecule has 1 amide bonds. The predicted octanol–water partition coefficient (Wildman–Crippen LogP) is 1.81. The monoisotopic (exact) mass is 399 g/mol. The Morgan fingerprint density at radius 2 is 1.96 bits per heavy atom. The van der Waals surface area contributed by atoms with E-state index in [2.05, 4.69) is 9.97 Å². The summed E-state index contributed by atoms with van der Waals surface area (Å²) < 4.78 is 28.0. The normalized spacial score (nSPS) is 14.5. The first kappa shape index (κ1) is 18.6. The molecule has 28 heavy (non-hydrogen) atoms. The van der Waals surface area contributed by atoms with E-state index < -0.39 is 10.0 Å². The van der Waals surface area contributed by atoms with Gasteiger partial charge in [0.15, 0.2) is 5.65 Å². The van der Waals surface area contributed by atoms with Crippen LogP contribution in [0.15, 0.2) is 41.7 Å². The van der Waals surface area contributed by atoms with Crippen LogP contribution in [0, 0.1) is 0 Å². The Morgan fingerprint density at radius 1 is 1.18 bits per heavy atom. The van der Waals surface area contributed by atoms with Crippen LogP contribution in [0.3, 0.4) is 0 Å². The molecule has 0 fully saturated rings. The Hall–Kier alpha value is -2.78. The van der Waals surface area contributed by atoms with Gasteiger partial charge in [0.25, 0.3) is 5.91 Å². The topological polar surface area (TPSA) is 88.4 Å². The van der Waals surface area contributed by atoms with E-state index in [0.29, 0.717) is 29.0 Å². The molecule has 0 spiro atoms. The van der Waals surface area contributed by atoms with Crippen LogP contribution in [-0.4, -0.2) is 53.8 Å². The fourth-order valence-corrected chi connectivity index (χ4v) is 4.40. The molecule has 8 nitrogen and oxygen atoms in total. The molecule has 9 heteroatoms. The van der Waals surface area contributed by atoms with Crippen molar-refractivity contribution in [2.45, 2.75) is 17.7 Å². The van der Waals surface area contributed by atoms with Crippen molar-refractivity contribution in [3.05, 3.63) is 47.9 Å². The number of hydrogen-bond acceptors (Lipinski definition) is 5. The molecular formula is C19H21N5O3S. The van der Waals surface area contributed by atoms with Crippen molar-refractivity contribution in [2.75, 3.05) is 25.5 Å². The second kappa shape index (κ2) is 6.68. The van der Waals surface area contributed by atoms with Crippen LogP contribution < -0.4 is 4.90 Å². The molecular weight excluding hydrogens is 378 g/mol. The predicted molar refractivity (Wildman–Crippen MR) is 106 cm³/mol. The lowest BCUT2D eigenvalue weighted by Crippen LogP contribution is -2.36. The van der Waals surface area contributed by atoms with E-state index in [1.54, 1.807) is 46.3 Å². The fourth-order valence-electron chi connectivity index (χ4n) is 3.48. The van der Waals surface area contributed by atoms with E-state index in [1.807, 2.05) is 7.05 Å². The Labute approximate surface area is 163 Å². The van der Waals surface area contributed by atoms with Crippen LogP contribution in [-0.2, 0) is 23.5 Å². The van der Waals surface area contributed by atoms with Crippen molar-refractivity contribution in [1.29, 1.82) is 0 Å². The van der Waals surface area contributed by atoms with Gasteiger partial charge in [-0.15, -0.1) is 0 Å². The van der Waals surface area contributed by atoms with Gasteiger partial charge in [0, 0.05) is 39.6 Å². The third-order valence-corrected chi connectivity index (χ3v) is 6.84. The minimum absolute atomic E-state index is 0.175. The summed E-state index contributed by atoms with van der Waals surface area (Å²) in [5.41, 5.74) is 3.23. The largest absolute Gasteiger partial charge is 0.318 e. The Bertz CT molecular complexity index is 1180. The van der Waals surface area contributed by atoms with Gasteiger partial charge in [-0.3, -0.25) is 4.79 Å². The van der Waals surface area contributed by atoms with E-state index in [0.717, 1.165) is 18.4 Å². The molecule has 0 bridgehead atoms. The lowest BCUT2D eigenvalue weighted by atomic mass is 10.0. The third-order valence-electron chi connectivity index (χ3n) is 5.03. The average Bonchev–Trinajstić information content (AvgIpc) is 3.07. The molecule has 3 heterocycles. The molecule has 0 aliphatic carbocycles. The number of imidazole rings is 1. The Kier molecular flexibility index (Phi) is 4.43. The molecule has 0 saturated carbocycles. The number of nitrogens with zero attached hydrogens (tertiary/aromatic N) is 5. The van der Waals surface area contributed by atoms with Crippen LogP contribution in [0.25, 0.3) is 11.2 Å². The van der Waals surface area contributed by atoms with Gasteiger partial charge < -0.3 is 9.47 Å². The highest BCUT2D eigenvalue weighted by Gasteiger charge is 2.28. The van der Waals surface area contributed by atoms with Crippen LogP contribution in [0.2, 0.25) is 0 Å². The van der Waals surface area contributed by atoms with Gasteiger partial charge in [0.05, 0.1) is 16.8 Å². The zero-order chi connectivity index (χ0) is 20.1. The highest BCUT2D eigenvalue weighted by molar-refractivity contribution is 7.89. The lowest BCUT2D eigenvalue weighted by molar-refractivity contribution is 0.0986.